The molecule has 1 atom stereocenters. The maximum absolute atomic E-state index is 2.47. The minimum absolute atomic E-state index is 0.277. The first-order chi connectivity index (χ1) is 7.69. The van der Waals surface area contributed by atoms with Crippen LogP contribution in [0.2, 0.25) is 13.1 Å². The molecule has 1 aliphatic rings. The van der Waals surface area contributed by atoms with Gasteiger partial charge in [-0.2, -0.15) is 0 Å². The Bertz CT molecular complexity index is 415. The molecule has 0 saturated heterocycles. The largest absolute Gasteiger partial charge is 0.0705 e. The second kappa shape index (κ2) is 4.58. The van der Waals surface area contributed by atoms with Crippen molar-refractivity contribution in [1.29, 1.82) is 0 Å². The Labute approximate surface area is 101 Å². The number of allylic oxidation sites excluding steroid dienone is 1. The molecule has 0 fully saturated rings. The van der Waals surface area contributed by atoms with E-state index in [0.717, 1.165) is 12.0 Å². The van der Waals surface area contributed by atoms with E-state index in [1.807, 2.05) is 0 Å². The molecular formula is C15H21Si. The molecule has 0 aromatic heterocycles. The normalized spacial score (nSPS) is 18.8. The van der Waals surface area contributed by atoms with Crippen molar-refractivity contribution in [1.82, 2.24) is 0 Å². The van der Waals surface area contributed by atoms with Crippen LogP contribution in [0.4, 0.5) is 0 Å². The zero-order valence-electron chi connectivity index (χ0n) is 10.8. The molecular weight excluding hydrogens is 208 g/mol. The summed E-state index contributed by atoms with van der Waals surface area (Å²) in [6, 6.07) is 6.86. The smallest absolute Gasteiger partial charge is 0.0552 e. The second-order valence-corrected chi connectivity index (χ2v) is 7.59. The SMILES string of the molecule is CCC1=Cc2c(CC)cccc2C1[Si](C)C. The van der Waals surface area contributed by atoms with Crippen LogP contribution >= 0.6 is 0 Å². The third kappa shape index (κ3) is 1.78. The second-order valence-electron chi connectivity index (χ2n) is 4.86. The molecule has 1 heteroatoms. The van der Waals surface area contributed by atoms with Crippen molar-refractivity contribution in [2.75, 3.05) is 0 Å². The van der Waals surface area contributed by atoms with E-state index in [9.17, 15) is 0 Å². The molecule has 0 heterocycles. The van der Waals surface area contributed by atoms with E-state index in [-0.39, 0.29) is 8.80 Å². The van der Waals surface area contributed by atoms with Crippen LogP contribution in [0, 0.1) is 0 Å². The molecule has 16 heavy (non-hydrogen) atoms. The molecule has 0 nitrogen and oxygen atoms in total. The van der Waals surface area contributed by atoms with E-state index < -0.39 is 0 Å². The van der Waals surface area contributed by atoms with E-state index in [1.165, 1.54) is 17.5 Å². The predicted molar refractivity (Wildman–Crippen MR) is 74.3 cm³/mol. The summed E-state index contributed by atoms with van der Waals surface area (Å²) in [5.74, 6) is 0. The molecule has 1 radical (unpaired) electrons. The van der Waals surface area contributed by atoms with Crippen LogP contribution in [0.15, 0.2) is 23.8 Å². The zero-order chi connectivity index (χ0) is 11.7. The third-order valence-electron chi connectivity index (χ3n) is 3.61. The Hall–Kier alpha value is -0.823. The van der Waals surface area contributed by atoms with Crippen LogP contribution in [-0.4, -0.2) is 8.80 Å². The molecule has 1 aromatic rings. The summed E-state index contributed by atoms with van der Waals surface area (Å²) < 4.78 is 0. The Morgan fingerprint density at radius 3 is 2.44 bits per heavy atom. The number of aryl methyl sites for hydroxylation is 1. The van der Waals surface area contributed by atoms with Gasteiger partial charge in [-0.3, -0.25) is 0 Å². The van der Waals surface area contributed by atoms with Gasteiger partial charge in [-0.15, -0.1) is 0 Å². The fourth-order valence-electron chi connectivity index (χ4n) is 2.83. The number of benzene rings is 1. The molecule has 0 aliphatic heterocycles. The fourth-order valence-corrected chi connectivity index (χ4v) is 4.73. The summed E-state index contributed by atoms with van der Waals surface area (Å²) in [6.45, 7) is 9.42. The first-order valence-corrected chi connectivity index (χ1v) is 8.89. The molecule has 0 spiro atoms. The average molecular weight is 229 g/mol. The number of fused-ring (bicyclic) bond motifs is 1. The molecule has 1 aliphatic carbocycles. The summed E-state index contributed by atoms with van der Waals surface area (Å²) >= 11 is 0. The van der Waals surface area contributed by atoms with Gasteiger partial charge < -0.3 is 0 Å². The van der Waals surface area contributed by atoms with Gasteiger partial charge in [0.15, 0.2) is 0 Å². The number of hydrogen-bond donors (Lipinski definition) is 0. The van der Waals surface area contributed by atoms with Crippen LogP contribution < -0.4 is 0 Å². The monoisotopic (exact) mass is 229 g/mol. The first kappa shape index (κ1) is 11.7. The standard InChI is InChI=1S/C15H21Si/c1-5-11-8-7-9-13-14(11)10-12(6-2)15(13)16(3)4/h7-10,15H,5-6H2,1-4H3. The lowest BCUT2D eigenvalue weighted by Crippen LogP contribution is -2.16. The Morgan fingerprint density at radius 1 is 1.12 bits per heavy atom. The van der Waals surface area contributed by atoms with Crippen molar-refractivity contribution in [3.05, 3.63) is 40.5 Å². The molecule has 1 aromatic carbocycles. The van der Waals surface area contributed by atoms with E-state index in [1.54, 1.807) is 11.1 Å². The summed E-state index contributed by atoms with van der Waals surface area (Å²) in [5, 5.41) is 0. The number of rotatable bonds is 3. The highest BCUT2D eigenvalue weighted by Crippen LogP contribution is 2.40. The Balaban J connectivity index is 2.53. The van der Waals surface area contributed by atoms with Crippen molar-refractivity contribution in [2.24, 2.45) is 0 Å². The van der Waals surface area contributed by atoms with E-state index >= 15 is 0 Å². The third-order valence-corrected chi connectivity index (χ3v) is 5.44. The van der Waals surface area contributed by atoms with E-state index in [2.05, 4.69) is 51.2 Å². The van der Waals surface area contributed by atoms with Gasteiger partial charge in [0.2, 0.25) is 0 Å². The molecule has 0 N–H and O–H groups in total. The highest BCUT2D eigenvalue weighted by Gasteiger charge is 2.28. The highest BCUT2D eigenvalue weighted by atomic mass is 28.3. The van der Waals surface area contributed by atoms with Gasteiger partial charge >= 0.3 is 0 Å². The van der Waals surface area contributed by atoms with Crippen LogP contribution in [0.5, 0.6) is 0 Å². The Morgan fingerprint density at radius 2 is 1.88 bits per heavy atom. The quantitative estimate of drug-likeness (QED) is 0.673. The van der Waals surface area contributed by atoms with Crippen molar-refractivity contribution in [3.8, 4) is 0 Å². The molecule has 0 amide bonds. The van der Waals surface area contributed by atoms with Crippen LogP contribution in [0.25, 0.3) is 6.08 Å². The van der Waals surface area contributed by atoms with Gasteiger partial charge in [0.25, 0.3) is 0 Å². The summed E-state index contributed by atoms with van der Waals surface area (Å²) in [5.41, 5.74) is 7.09. The molecule has 0 saturated carbocycles. The van der Waals surface area contributed by atoms with Crippen molar-refractivity contribution in [2.45, 2.75) is 45.3 Å². The lowest BCUT2D eigenvalue weighted by Gasteiger charge is -2.19. The fraction of sp³-hybridized carbons (Fsp3) is 0.467. The van der Waals surface area contributed by atoms with Crippen LogP contribution in [0.1, 0.15) is 42.5 Å². The minimum Gasteiger partial charge on any atom is -0.0705 e. The molecule has 1 unspecified atom stereocenters. The molecule has 85 valence electrons. The van der Waals surface area contributed by atoms with Gasteiger partial charge in [0.05, 0.1) is 8.80 Å². The average Bonchev–Trinajstić information content (AvgIpc) is 2.66. The van der Waals surface area contributed by atoms with Gasteiger partial charge in [0.1, 0.15) is 0 Å². The first-order valence-electron chi connectivity index (χ1n) is 6.31. The van der Waals surface area contributed by atoms with Gasteiger partial charge in [-0.1, -0.05) is 56.8 Å². The topological polar surface area (TPSA) is 0 Å². The van der Waals surface area contributed by atoms with Crippen LogP contribution in [-0.2, 0) is 6.42 Å². The maximum Gasteiger partial charge on any atom is 0.0552 e. The van der Waals surface area contributed by atoms with Gasteiger partial charge in [-0.25, -0.2) is 0 Å². The summed E-state index contributed by atoms with van der Waals surface area (Å²) in [4.78, 5) is 0. The molecule has 0 bridgehead atoms. The van der Waals surface area contributed by atoms with Crippen molar-refractivity contribution in [3.63, 3.8) is 0 Å². The van der Waals surface area contributed by atoms with Gasteiger partial charge in [0, 0.05) is 0 Å². The maximum atomic E-state index is 2.47. The van der Waals surface area contributed by atoms with Crippen LogP contribution in [0.3, 0.4) is 0 Å². The minimum atomic E-state index is -0.277. The predicted octanol–water partition coefficient (Wildman–Crippen LogP) is 4.43. The van der Waals surface area contributed by atoms with Gasteiger partial charge in [-0.05, 0) is 35.1 Å². The highest BCUT2D eigenvalue weighted by molar-refractivity contribution is 6.58. The lowest BCUT2D eigenvalue weighted by atomic mass is 10.0. The van der Waals surface area contributed by atoms with Crippen molar-refractivity contribution >= 4 is 14.9 Å². The molecule has 2 rings (SSSR count). The Kier molecular flexibility index (Phi) is 3.34. The summed E-state index contributed by atoms with van der Waals surface area (Å²) in [7, 11) is -0.277. The summed E-state index contributed by atoms with van der Waals surface area (Å²) in [6.07, 6.45) is 4.83. The van der Waals surface area contributed by atoms with E-state index in [0.29, 0.717) is 0 Å². The van der Waals surface area contributed by atoms with Crippen molar-refractivity contribution < 1.29 is 0 Å². The number of hydrogen-bond acceptors (Lipinski definition) is 0. The van der Waals surface area contributed by atoms with E-state index in [4.69, 9.17) is 0 Å². The lowest BCUT2D eigenvalue weighted by molar-refractivity contribution is 0.987. The zero-order valence-corrected chi connectivity index (χ0v) is 11.8.